The summed E-state index contributed by atoms with van der Waals surface area (Å²) >= 11 is 6.13. The molecule has 0 aliphatic heterocycles. The molecule has 0 radical (unpaired) electrons. The Morgan fingerprint density at radius 2 is 2.21 bits per heavy atom. The summed E-state index contributed by atoms with van der Waals surface area (Å²) in [5, 5.41) is 12.5. The fourth-order valence-corrected chi connectivity index (χ4v) is 1.97. The first kappa shape index (κ1) is 13.3. The van der Waals surface area contributed by atoms with E-state index in [-0.39, 0.29) is 5.91 Å². The summed E-state index contributed by atoms with van der Waals surface area (Å²) < 4.78 is 0. The van der Waals surface area contributed by atoms with Crippen LogP contribution in [0.1, 0.15) is 23.3 Å². The van der Waals surface area contributed by atoms with Crippen molar-refractivity contribution < 1.29 is 4.79 Å². The minimum Gasteiger partial charge on any atom is -0.351 e. The number of nitrogens with zero attached hydrogens (tertiary/aromatic N) is 2. The van der Waals surface area contributed by atoms with E-state index in [1.165, 1.54) is 0 Å². The molecule has 0 saturated carbocycles. The van der Waals surface area contributed by atoms with Crippen LogP contribution in [0.3, 0.4) is 0 Å². The molecular weight excluding hydrogens is 262 g/mol. The molecule has 0 saturated heterocycles. The molecule has 0 unspecified atom stereocenters. The van der Waals surface area contributed by atoms with Crippen LogP contribution >= 0.6 is 11.6 Å². The smallest absolute Gasteiger partial charge is 0.269 e. The van der Waals surface area contributed by atoms with Crippen LogP contribution in [0.15, 0.2) is 30.3 Å². The van der Waals surface area contributed by atoms with Crippen LogP contribution in [0.4, 0.5) is 0 Å². The Morgan fingerprint density at radius 3 is 3.00 bits per heavy atom. The number of nitriles is 1. The second-order valence-electron chi connectivity index (χ2n) is 4.02. The first-order chi connectivity index (χ1) is 9.22. The first-order valence-corrected chi connectivity index (χ1v) is 6.30. The van der Waals surface area contributed by atoms with Crippen molar-refractivity contribution in [2.75, 3.05) is 6.54 Å². The summed E-state index contributed by atoms with van der Waals surface area (Å²) in [4.78, 5) is 16.2. The Bertz CT molecular complexity index is 649. The number of amides is 1. The molecule has 19 heavy (non-hydrogen) atoms. The number of carbonyl (C=O) groups excluding carboxylic acids is 1. The van der Waals surface area contributed by atoms with E-state index in [0.29, 0.717) is 35.6 Å². The second-order valence-corrected chi connectivity index (χ2v) is 4.43. The summed E-state index contributed by atoms with van der Waals surface area (Å²) in [6, 6.07) is 11.0. The van der Waals surface area contributed by atoms with Gasteiger partial charge in [0.1, 0.15) is 5.69 Å². The van der Waals surface area contributed by atoms with Crippen molar-refractivity contribution in [3.05, 3.63) is 41.0 Å². The molecule has 2 rings (SSSR count). The average molecular weight is 274 g/mol. The highest BCUT2D eigenvalue weighted by Gasteiger charge is 2.10. The Hall–Kier alpha value is -2.12. The molecule has 4 nitrogen and oxygen atoms in total. The number of nitrogens with one attached hydrogen (secondary N) is 1. The number of rotatable bonds is 4. The van der Waals surface area contributed by atoms with Crippen LogP contribution in [-0.2, 0) is 0 Å². The zero-order valence-electron chi connectivity index (χ0n) is 10.2. The van der Waals surface area contributed by atoms with Crippen LogP contribution in [0.2, 0.25) is 5.02 Å². The number of hydrogen-bond donors (Lipinski definition) is 1. The average Bonchev–Trinajstić information content (AvgIpc) is 2.43. The molecule has 2 aromatic rings. The summed E-state index contributed by atoms with van der Waals surface area (Å²) in [6.45, 7) is 0.457. The molecule has 0 bridgehead atoms. The monoisotopic (exact) mass is 273 g/mol. The maximum absolute atomic E-state index is 11.9. The number of pyridine rings is 1. The minimum atomic E-state index is -0.273. The van der Waals surface area contributed by atoms with Crippen molar-refractivity contribution in [3.8, 4) is 6.07 Å². The van der Waals surface area contributed by atoms with Gasteiger partial charge in [0.2, 0.25) is 0 Å². The lowest BCUT2D eigenvalue weighted by Crippen LogP contribution is -2.25. The lowest BCUT2D eigenvalue weighted by atomic mass is 10.2. The van der Waals surface area contributed by atoms with E-state index in [9.17, 15) is 4.79 Å². The van der Waals surface area contributed by atoms with Gasteiger partial charge in [0.25, 0.3) is 5.91 Å². The number of para-hydroxylation sites is 1. The summed E-state index contributed by atoms with van der Waals surface area (Å²) in [5.74, 6) is -0.273. The highest BCUT2D eigenvalue weighted by atomic mass is 35.5. The van der Waals surface area contributed by atoms with E-state index in [1.807, 2.05) is 30.3 Å². The second kappa shape index (κ2) is 6.17. The molecule has 1 aromatic heterocycles. The van der Waals surface area contributed by atoms with Crippen molar-refractivity contribution in [2.24, 2.45) is 0 Å². The van der Waals surface area contributed by atoms with E-state index in [4.69, 9.17) is 16.9 Å². The third-order valence-electron chi connectivity index (χ3n) is 2.65. The zero-order valence-corrected chi connectivity index (χ0v) is 10.9. The van der Waals surface area contributed by atoms with Crippen molar-refractivity contribution in [3.63, 3.8) is 0 Å². The number of hydrogen-bond acceptors (Lipinski definition) is 3. The summed E-state index contributed by atoms with van der Waals surface area (Å²) in [5.41, 5.74) is 0.984. The number of unbranched alkanes of at least 4 members (excludes halogenated alkanes) is 1. The topological polar surface area (TPSA) is 65.8 Å². The number of fused-ring (bicyclic) bond motifs is 1. The van der Waals surface area contributed by atoms with Crippen molar-refractivity contribution >= 4 is 28.4 Å². The molecule has 5 heteroatoms. The Labute approximate surface area is 116 Å². The van der Waals surface area contributed by atoms with E-state index < -0.39 is 0 Å². The first-order valence-electron chi connectivity index (χ1n) is 5.93. The molecule has 1 aromatic carbocycles. The number of halogens is 1. The van der Waals surface area contributed by atoms with Gasteiger partial charge in [-0.3, -0.25) is 4.79 Å². The predicted molar refractivity (Wildman–Crippen MR) is 73.9 cm³/mol. The maximum atomic E-state index is 11.9. The van der Waals surface area contributed by atoms with Gasteiger partial charge >= 0.3 is 0 Å². The van der Waals surface area contributed by atoms with E-state index in [2.05, 4.69) is 10.3 Å². The van der Waals surface area contributed by atoms with Gasteiger partial charge in [-0.25, -0.2) is 4.98 Å². The van der Waals surface area contributed by atoms with Gasteiger partial charge in [-0.2, -0.15) is 5.26 Å². The fourth-order valence-electron chi connectivity index (χ4n) is 1.71. The number of aromatic nitrogens is 1. The normalized spacial score (nSPS) is 10.1. The van der Waals surface area contributed by atoms with Crippen molar-refractivity contribution in [1.29, 1.82) is 5.26 Å². The van der Waals surface area contributed by atoms with Crippen LogP contribution in [0, 0.1) is 11.3 Å². The molecule has 1 heterocycles. The predicted octanol–water partition coefficient (Wildman–Crippen LogP) is 2.92. The van der Waals surface area contributed by atoms with Gasteiger partial charge in [-0.1, -0.05) is 29.8 Å². The quantitative estimate of drug-likeness (QED) is 0.871. The standard InChI is InChI=1S/C14H12ClN3O/c15-11-9-13(14(19)17-8-4-3-7-16)18-12-6-2-1-5-10(11)12/h1-2,5-6,9H,3-4,8H2,(H,17,19). The van der Waals surface area contributed by atoms with Gasteiger partial charge in [0.05, 0.1) is 16.6 Å². The molecule has 0 aliphatic carbocycles. The van der Waals surface area contributed by atoms with Crippen molar-refractivity contribution in [1.82, 2.24) is 10.3 Å². The molecule has 96 valence electrons. The third kappa shape index (κ3) is 3.21. The van der Waals surface area contributed by atoms with Crippen LogP contribution in [-0.4, -0.2) is 17.4 Å². The molecule has 0 atom stereocenters. The van der Waals surface area contributed by atoms with Crippen molar-refractivity contribution in [2.45, 2.75) is 12.8 Å². The zero-order chi connectivity index (χ0) is 13.7. The van der Waals surface area contributed by atoms with Gasteiger partial charge < -0.3 is 5.32 Å². The molecule has 0 fully saturated rings. The van der Waals surface area contributed by atoms with E-state index in [0.717, 1.165) is 5.39 Å². The Morgan fingerprint density at radius 1 is 1.42 bits per heavy atom. The molecule has 1 N–H and O–H groups in total. The van der Waals surface area contributed by atoms with Gasteiger partial charge in [0, 0.05) is 18.4 Å². The largest absolute Gasteiger partial charge is 0.351 e. The van der Waals surface area contributed by atoms with Crippen LogP contribution in [0.5, 0.6) is 0 Å². The van der Waals surface area contributed by atoms with Gasteiger partial charge in [-0.15, -0.1) is 0 Å². The molecule has 1 amide bonds. The molecule has 0 spiro atoms. The van der Waals surface area contributed by atoms with E-state index in [1.54, 1.807) is 6.07 Å². The highest BCUT2D eigenvalue weighted by molar-refractivity contribution is 6.35. The molecular formula is C14H12ClN3O. The minimum absolute atomic E-state index is 0.273. The Kier molecular flexibility index (Phi) is 4.32. The van der Waals surface area contributed by atoms with Crippen LogP contribution < -0.4 is 5.32 Å². The number of carbonyl (C=O) groups is 1. The SMILES string of the molecule is N#CCCCNC(=O)c1cc(Cl)c2ccccc2n1. The Balaban J connectivity index is 2.16. The van der Waals surface area contributed by atoms with Gasteiger partial charge in [0.15, 0.2) is 0 Å². The maximum Gasteiger partial charge on any atom is 0.269 e. The van der Waals surface area contributed by atoms with E-state index >= 15 is 0 Å². The summed E-state index contributed by atoms with van der Waals surface area (Å²) in [6.07, 6.45) is 1.05. The third-order valence-corrected chi connectivity index (χ3v) is 2.96. The fraction of sp³-hybridized carbons (Fsp3) is 0.214. The number of benzene rings is 1. The van der Waals surface area contributed by atoms with Crippen LogP contribution in [0.25, 0.3) is 10.9 Å². The summed E-state index contributed by atoms with van der Waals surface area (Å²) in [7, 11) is 0. The lowest BCUT2D eigenvalue weighted by Gasteiger charge is -2.06. The highest BCUT2D eigenvalue weighted by Crippen LogP contribution is 2.22. The molecule has 0 aliphatic rings. The van der Waals surface area contributed by atoms with Gasteiger partial charge in [-0.05, 0) is 18.6 Å². The lowest BCUT2D eigenvalue weighted by molar-refractivity contribution is 0.0948.